The van der Waals surface area contributed by atoms with E-state index in [0.29, 0.717) is 11.3 Å². The second-order valence-electron chi connectivity index (χ2n) is 6.06. The number of pyridine rings is 1. The Kier molecular flexibility index (Phi) is 4.84. The Balaban J connectivity index is 1.86. The van der Waals surface area contributed by atoms with Crippen LogP contribution in [0.2, 0.25) is 0 Å². The topological polar surface area (TPSA) is 69.0 Å². The number of nitrogens with zero attached hydrogens (tertiary/aromatic N) is 3. The molecular formula is C22H18N4O2. The minimum atomic E-state index is -0.433. The van der Waals surface area contributed by atoms with Crippen LogP contribution in [-0.4, -0.2) is 27.8 Å². The molecule has 0 fully saturated rings. The van der Waals surface area contributed by atoms with E-state index in [0.717, 1.165) is 22.6 Å². The molecular weight excluding hydrogens is 352 g/mol. The predicted molar refractivity (Wildman–Crippen MR) is 108 cm³/mol. The fourth-order valence-corrected chi connectivity index (χ4v) is 2.97. The summed E-state index contributed by atoms with van der Waals surface area (Å²) in [4.78, 5) is 16.3. The average molecular weight is 370 g/mol. The molecule has 28 heavy (non-hydrogen) atoms. The maximum absolute atomic E-state index is 12.2. The van der Waals surface area contributed by atoms with Gasteiger partial charge in [-0.05, 0) is 23.8 Å². The summed E-state index contributed by atoms with van der Waals surface area (Å²) in [7, 11) is 1.36. The molecule has 0 aliphatic carbocycles. The van der Waals surface area contributed by atoms with E-state index in [4.69, 9.17) is 4.74 Å². The average Bonchev–Trinajstić information content (AvgIpc) is 3.18. The first-order valence-corrected chi connectivity index (χ1v) is 8.76. The number of anilines is 2. The van der Waals surface area contributed by atoms with E-state index in [-0.39, 0.29) is 0 Å². The largest absolute Gasteiger partial charge is 0.465 e. The standard InChI is InChI=1S/C22H18N4O2/c1-28-22(27)18-12-13-23-15-20(18)25-21-19(16-8-4-2-5-9-16)14-24-26(21)17-10-6-3-7-11-17/h2-15,25H,1H3. The molecule has 6 nitrogen and oxygen atoms in total. The molecule has 0 atom stereocenters. The van der Waals surface area contributed by atoms with Crippen LogP contribution in [0, 0.1) is 0 Å². The lowest BCUT2D eigenvalue weighted by molar-refractivity contribution is 0.0602. The highest BCUT2D eigenvalue weighted by Crippen LogP contribution is 2.33. The number of carbonyl (C=O) groups is 1. The van der Waals surface area contributed by atoms with E-state index < -0.39 is 5.97 Å². The lowest BCUT2D eigenvalue weighted by atomic mass is 10.1. The first-order chi connectivity index (χ1) is 13.8. The summed E-state index contributed by atoms with van der Waals surface area (Å²) in [5.74, 6) is 0.299. The molecule has 0 spiro atoms. The Hall–Kier alpha value is -3.93. The van der Waals surface area contributed by atoms with E-state index >= 15 is 0 Å². The number of rotatable bonds is 5. The van der Waals surface area contributed by atoms with Gasteiger partial charge in [-0.25, -0.2) is 9.48 Å². The molecule has 6 heteroatoms. The summed E-state index contributed by atoms with van der Waals surface area (Å²) >= 11 is 0. The molecule has 2 aromatic carbocycles. The highest BCUT2D eigenvalue weighted by atomic mass is 16.5. The molecule has 0 saturated carbocycles. The Morgan fingerprint density at radius 2 is 1.68 bits per heavy atom. The number of hydrogen-bond acceptors (Lipinski definition) is 5. The number of nitrogens with one attached hydrogen (secondary N) is 1. The molecule has 0 aliphatic heterocycles. The molecule has 0 bridgehead atoms. The van der Waals surface area contributed by atoms with Crippen molar-refractivity contribution in [1.29, 1.82) is 0 Å². The highest BCUT2D eigenvalue weighted by molar-refractivity contribution is 5.96. The predicted octanol–water partition coefficient (Wildman–Crippen LogP) is 4.46. The molecule has 1 N–H and O–H groups in total. The summed E-state index contributed by atoms with van der Waals surface area (Å²) in [5.41, 5.74) is 3.76. The van der Waals surface area contributed by atoms with Gasteiger partial charge in [0.05, 0.1) is 36.4 Å². The van der Waals surface area contributed by atoms with Crippen LogP contribution in [0.4, 0.5) is 11.5 Å². The summed E-state index contributed by atoms with van der Waals surface area (Å²) in [6, 6.07) is 21.4. The van der Waals surface area contributed by atoms with Crippen molar-refractivity contribution in [3.63, 3.8) is 0 Å². The van der Waals surface area contributed by atoms with Crippen LogP contribution in [0.15, 0.2) is 85.3 Å². The highest BCUT2D eigenvalue weighted by Gasteiger charge is 2.18. The molecule has 138 valence electrons. The second-order valence-corrected chi connectivity index (χ2v) is 6.06. The SMILES string of the molecule is COC(=O)c1ccncc1Nc1c(-c2ccccc2)cnn1-c1ccccc1. The van der Waals surface area contributed by atoms with Crippen molar-refractivity contribution < 1.29 is 9.53 Å². The van der Waals surface area contributed by atoms with Crippen molar-refractivity contribution in [2.24, 2.45) is 0 Å². The molecule has 0 unspecified atom stereocenters. The van der Waals surface area contributed by atoms with E-state index in [1.165, 1.54) is 7.11 Å². The lowest BCUT2D eigenvalue weighted by Gasteiger charge is -2.14. The Bertz CT molecular complexity index is 1030. The molecule has 0 radical (unpaired) electrons. The minimum absolute atomic E-state index is 0.400. The van der Waals surface area contributed by atoms with Crippen LogP contribution in [0.3, 0.4) is 0 Å². The minimum Gasteiger partial charge on any atom is -0.465 e. The van der Waals surface area contributed by atoms with Gasteiger partial charge in [0.15, 0.2) is 0 Å². The fourth-order valence-electron chi connectivity index (χ4n) is 2.97. The molecule has 0 aliphatic rings. The number of aromatic nitrogens is 3. The first kappa shape index (κ1) is 17.5. The van der Waals surface area contributed by atoms with E-state index in [9.17, 15) is 4.79 Å². The van der Waals surface area contributed by atoms with Crippen LogP contribution in [0.25, 0.3) is 16.8 Å². The normalized spacial score (nSPS) is 10.5. The van der Waals surface area contributed by atoms with Crippen molar-refractivity contribution in [2.45, 2.75) is 0 Å². The van der Waals surface area contributed by atoms with Gasteiger partial charge in [0.1, 0.15) is 5.82 Å². The molecule has 0 amide bonds. The van der Waals surface area contributed by atoms with E-state index in [1.807, 2.05) is 60.7 Å². The van der Waals surface area contributed by atoms with Crippen LogP contribution >= 0.6 is 0 Å². The van der Waals surface area contributed by atoms with Crippen LogP contribution in [-0.2, 0) is 4.74 Å². The Morgan fingerprint density at radius 1 is 0.964 bits per heavy atom. The van der Waals surface area contributed by atoms with E-state index in [1.54, 1.807) is 29.3 Å². The van der Waals surface area contributed by atoms with Gasteiger partial charge >= 0.3 is 5.97 Å². The lowest BCUT2D eigenvalue weighted by Crippen LogP contribution is -2.09. The Morgan fingerprint density at radius 3 is 2.39 bits per heavy atom. The zero-order valence-corrected chi connectivity index (χ0v) is 15.2. The summed E-state index contributed by atoms with van der Waals surface area (Å²) in [6.45, 7) is 0. The van der Waals surface area contributed by atoms with Gasteiger partial charge in [0, 0.05) is 11.8 Å². The number of ether oxygens (including phenoxy) is 1. The zero-order chi connectivity index (χ0) is 19.3. The number of hydrogen-bond donors (Lipinski definition) is 1. The number of methoxy groups -OCH3 is 1. The van der Waals surface area contributed by atoms with Crippen molar-refractivity contribution in [2.75, 3.05) is 12.4 Å². The number of esters is 1. The van der Waals surface area contributed by atoms with Crippen molar-refractivity contribution in [3.05, 3.63) is 90.9 Å². The first-order valence-electron chi connectivity index (χ1n) is 8.76. The molecule has 4 rings (SSSR count). The molecule has 0 saturated heterocycles. The third-order valence-corrected chi connectivity index (χ3v) is 4.33. The fraction of sp³-hybridized carbons (Fsp3) is 0.0455. The van der Waals surface area contributed by atoms with Gasteiger partial charge in [-0.15, -0.1) is 0 Å². The second kappa shape index (κ2) is 7.75. The quantitative estimate of drug-likeness (QED) is 0.525. The van der Waals surface area contributed by atoms with Crippen molar-refractivity contribution >= 4 is 17.5 Å². The third-order valence-electron chi connectivity index (χ3n) is 4.33. The molecule has 2 aromatic heterocycles. The van der Waals surface area contributed by atoms with Gasteiger partial charge in [0.2, 0.25) is 0 Å². The Labute approximate surface area is 162 Å². The van der Waals surface area contributed by atoms with Crippen LogP contribution < -0.4 is 5.32 Å². The number of carbonyl (C=O) groups excluding carboxylic acids is 1. The number of benzene rings is 2. The summed E-state index contributed by atoms with van der Waals surface area (Å²) in [5, 5.41) is 7.91. The van der Waals surface area contributed by atoms with Gasteiger partial charge in [-0.1, -0.05) is 48.5 Å². The van der Waals surface area contributed by atoms with Crippen LogP contribution in [0.1, 0.15) is 10.4 Å². The monoisotopic (exact) mass is 370 g/mol. The number of para-hydroxylation sites is 1. The van der Waals surface area contributed by atoms with Crippen LogP contribution in [0.5, 0.6) is 0 Å². The maximum Gasteiger partial charge on any atom is 0.340 e. The molecule has 4 aromatic rings. The smallest absolute Gasteiger partial charge is 0.340 e. The summed E-state index contributed by atoms with van der Waals surface area (Å²) in [6.07, 6.45) is 4.96. The maximum atomic E-state index is 12.2. The van der Waals surface area contributed by atoms with Gasteiger partial charge in [0.25, 0.3) is 0 Å². The third kappa shape index (κ3) is 3.35. The summed E-state index contributed by atoms with van der Waals surface area (Å²) < 4.78 is 6.70. The van der Waals surface area contributed by atoms with Gasteiger partial charge in [-0.2, -0.15) is 5.10 Å². The zero-order valence-electron chi connectivity index (χ0n) is 15.2. The van der Waals surface area contributed by atoms with Gasteiger partial charge in [-0.3, -0.25) is 4.98 Å². The molecule has 2 heterocycles. The van der Waals surface area contributed by atoms with E-state index in [2.05, 4.69) is 15.4 Å². The van der Waals surface area contributed by atoms with Crippen molar-refractivity contribution in [1.82, 2.24) is 14.8 Å². The van der Waals surface area contributed by atoms with Crippen molar-refractivity contribution in [3.8, 4) is 16.8 Å². The van der Waals surface area contributed by atoms with Gasteiger partial charge < -0.3 is 10.1 Å².